The summed E-state index contributed by atoms with van der Waals surface area (Å²) in [5.41, 5.74) is 4.04. The van der Waals surface area contributed by atoms with E-state index in [2.05, 4.69) is 74.6 Å². The highest BCUT2D eigenvalue weighted by molar-refractivity contribution is 5.30. The molecule has 2 nitrogen and oxygen atoms in total. The normalized spacial score (nSPS) is 12.1. The van der Waals surface area contributed by atoms with Gasteiger partial charge in [-0.25, -0.2) is 0 Å². The summed E-state index contributed by atoms with van der Waals surface area (Å²) in [7, 11) is 0. The Morgan fingerprint density at radius 3 is 2.31 bits per heavy atom. The van der Waals surface area contributed by atoms with Gasteiger partial charge in [0.1, 0.15) is 5.75 Å². The van der Waals surface area contributed by atoms with Gasteiger partial charge in [0.05, 0.1) is 6.61 Å². The molecule has 2 aromatic carbocycles. The Morgan fingerprint density at radius 2 is 1.62 bits per heavy atom. The smallest absolute Gasteiger partial charge is 0.119 e. The van der Waals surface area contributed by atoms with Crippen molar-refractivity contribution in [3.05, 3.63) is 65.2 Å². The number of aryl methyl sites for hydroxylation is 1. The lowest BCUT2D eigenvalue weighted by Crippen LogP contribution is -2.20. The molecule has 142 valence electrons. The molecule has 0 aliphatic heterocycles. The fourth-order valence-electron chi connectivity index (χ4n) is 3.23. The minimum absolute atomic E-state index is 0.373. The van der Waals surface area contributed by atoms with Crippen LogP contribution < -0.4 is 10.1 Å². The number of ether oxygens (including phenoxy) is 1. The number of benzene rings is 2. The Morgan fingerprint density at radius 1 is 0.885 bits per heavy atom. The van der Waals surface area contributed by atoms with Gasteiger partial charge in [0.25, 0.3) is 0 Å². The lowest BCUT2D eigenvalue weighted by molar-refractivity contribution is 0.304. The van der Waals surface area contributed by atoms with E-state index in [1.54, 1.807) is 0 Å². The Bertz CT molecular complexity index is 620. The zero-order valence-corrected chi connectivity index (χ0v) is 16.8. The van der Waals surface area contributed by atoms with Gasteiger partial charge >= 0.3 is 0 Å². The topological polar surface area (TPSA) is 21.3 Å². The molecule has 0 aromatic heterocycles. The van der Waals surface area contributed by atoms with E-state index in [0.717, 1.165) is 31.7 Å². The third-order valence-corrected chi connectivity index (χ3v) is 5.01. The summed E-state index contributed by atoms with van der Waals surface area (Å²) in [4.78, 5) is 0. The Kier molecular flexibility index (Phi) is 9.27. The summed E-state index contributed by atoms with van der Waals surface area (Å²) in [6, 6.07) is 17.6. The van der Waals surface area contributed by atoms with Gasteiger partial charge in [-0.2, -0.15) is 0 Å². The molecule has 0 saturated heterocycles. The third-order valence-electron chi connectivity index (χ3n) is 5.01. The fraction of sp³-hybridized carbons (Fsp3) is 0.500. The second kappa shape index (κ2) is 11.7. The van der Waals surface area contributed by atoms with Crippen molar-refractivity contribution in [1.29, 1.82) is 0 Å². The maximum Gasteiger partial charge on any atom is 0.119 e. The zero-order chi connectivity index (χ0) is 18.6. The van der Waals surface area contributed by atoms with Crippen molar-refractivity contribution in [3.8, 4) is 5.75 Å². The molecule has 0 bridgehead atoms. The molecule has 0 fully saturated rings. The van der Waals surface area contributed by atoms with Gasteiger partial charge in [-0.05, 0) is 48.6 Å². The minimum Gasteiger partial charge on any atom is -0.494 e. The third kappa shape index (κ3) is 6.84. The summed E-state index contributed by atoms with van der Waals surface area (Å²) in [6.07, 6.45) is 7.44. The molecular formula is C24H35NO. The van der Waals surface area contributed by atoms with Crippen LogP contribution in [0.15, 0.2) is 48.5 Å². The molecule has 0 heterocycles. The Hall–Kier alpha value is -1.80. The van der Waals surface area contributed by atoms with Crippen molar-refractivity contribution in [1.82, 2.24) is 5.32 Å². The molecule has 0 saturated carbocycles. The van der Waals surface area contributed by atoms with Crippen LogP contribution in [0.2, 0.25) is 0 Å². The van der Waals surface area contributed by atoms with E-state index in [1.807, 2.05) is 0 Å². The van der Waals surface area contributed by atoms with Gasteiger partial charge in [-0.3, -0.25) is 0 Å². The summed E-state index contributed by atoms with van der Waals surface area (Å²) in [6.45, 7) is 8.38. The van der Waals surface area contributed by atoms with Crippen LogP contribution in [0.4, 0.5) is 0 Å². The summed E-state index contributed by atoms with van der Waals surface area (Å²) >= 11 is 0. The number of nitrogens with one attached hydrogen (secondary N) is 1. The molecule has 0 aliphatic carbocycles. The first-order valence-electron chi connectivity index (χ1n) is 10.2. The van der Waals surface area contributed by atoms with Crippen molar-refractivity contribution in [2.24, 2.45) is 0 Å². The van der Waals surface area contributed by atoms with Crippen LogP contribution in [0, 0.1) is 6.92 Å². The molecule has 1 unspecified atom stereocenters. The van der Waals surface area contributed by atoms with Crippen molar-refractivity contribution < 1.29 is 4.74 Å². The number of hydrogen-bond acceptors (Lipinski definition) is 2. The van der Waals surface area contributed by atoms with Gasteiger partial charge in [0.2, 0.25) is 0 Å². The van der Waals surface area contributed by atoms with Crippen molar-refractivity contribution in [2.75, 3.05) is 6.61 Å². The highest BCUT2D eigenvalue weighted by atomic mass is 16.5. The van der Waals surface area contributed by atoms with Gasteiger partial charge in [-0.1, -0.05) is 75.9 Å². The molecule has 26 heavy (non-hydrogen) atoms. The van der Waals surface area contributed by atoms with E-state index in [-0.39, 0.29) is 0 Å². The fourth-order valence-corrected chi connectivity index (χ4v) is 3.23. The second-order valence-corrected chi connectivity index (χ2v) is 7.10. The van der Waals surface area contributed by atoms with Crippen molar-refractivity contribution in [2.45, 2.75) is 71.9 Å². The maximum absolute atomic E-state index is 5.88. The molecule has 2 aromatic rings. The number of rotatable bonds is 12. The van der Waals surface area contributed by atoms with Crippen LogP contribution in [0.5, 0.6) is 5.75 Å². The van der Waals surface area contributed by atoms with Crippen LogP contribution in [-0.4, -0.2) is 6.61 Å². The van der Waals surface area contributed by atoms with E-state index in [0.29, 0.717) is 6.04 Å². The molecule has 2 rings (SSSR count). The van der Waals surface area contributed by atoms with Gasteiger partial charge < -0.3 is 10.1 Å². The average Bonchev–Trinajstić information content (AvgIpc) is 2.67. The molecule has 0 amide bonds. The summed E-state index contributed by atoms with van der Waals surface area (Å²) in [5, 5.41) is 3.69. The van der Waals surface area contributed by atoms with E-state index >= 15 is 0 Å². The predicted molar refractivity (Wildman–Crippen MR) is 112 cm³/mol. The van der Waals surface area contributed by atoms with Crippen LogP contribution >= 0.6 is 0 Å². The molecular weight excluding hydrogens is 318 g/mol. The first-order valence-corrected chi connectivity index (χ1v) is 10.2. The molecule has 2 heteroatoms. The summed E-state index contributed by atoms with van der Waals surface area (Å²) < 4.78 is 5.88. The van der Waals surface area contributed by atoms with Crippen molar-refractivity contribution in [3.63, 3.8) is 0 Å². The largest absolute Gasteiger partial charge is 0.494 e. The molecule has 1 atom stereocenters. The van der Waals surface area contributed by atoms with Crippen LogP contribution in [0.3, 0.4) is 0 Å². The van der Waals surface area contributed by atoms with Crippen LogP contribution in [0.1, 0.15) is 75.1 Å². The van der Waals surface area contributed by atoms with E-state index in [9.17, 15) is 0 Å². The Labute approximate surface area is 160 Å². The molecule has 0 aliphatic rings. The average molecular weight is 354 g/mol. The standard InChI is InChI=1S/C24H35NO/c1-4-6-7-8-11-18-26-23-16-14-21(15-17-23)24(5-2)25-19-22-13-10-9-12-20(22)3/h9-10,12-17,24-25H,4-8,11,18-19H2,1-3H3. The maximum atomic E-state index is 5.88. The van der Waals surface area contributed by atoms with E-state index in [4.69, 9.17) is 4.74 Å². The molecule has 0 spiro atoms. The lowest BCUT2D eigenvalue weighted by atomic mass is 10.0. The Balaban J connectivity index is 1.80. The van der Waals surface area contributed by atoms with Crippen LogP contribution in [-0.2, 0) is 6.54 Å². The lowest BCUT2D eigenvalue weighted by Gasteiger charge is -2.19. The number of unbranched alkanes of at least 4 members (excludes halogenated alkanes) is 4. The predicted octanol–water partition coefficient (Wildman–Crippen LogP) is 6.59. The minimum atomic E-state index is 0.373. The molecule has 0 radical (unpaired) electrons. The number of hydrogen-bond donors (Lipinski definition) is 1. The van der Waals surface area contributed by atoms with Crippen LogP contribution in [0.25, 0.3) is 0 Å². The van der Waals surface area contributed by atoms with Gasteiger partial charge in [0.15, 0.2) is 0 Å². The second-order valence-electron chi connectivity index (χ2n) is 7.10. The highest BCUT2D eigenvalue weighted by Crippen LogP contribution is 2.21. The van der Waals surface area contributed by atoms with E-state index < -0.39 is 0 Å². The van der Waals surface area contributed by atoms with Gasteiger partial charge in [0, 0.05) is 12.6 Å². The SMILES string of the molecule is CCCCCCCOc1ccc(C(CC)NCc2ccccc2C)cc1. The quantitative estimate of drug-likeness (QED) is 0.435. The highest BCUT2D eigenvalue weighted by Gasteiger charge is 2.09. The first kappa shape index (κ1) is 20.5. The summed E-state index contributed by atoms with van der Waals surface area (Å²) in [5.74, 6) is 0.984. The van der Waals surface area contributed by atoms with E-state index in [1.165, 1.54) is 42.4 Å². The van der Waals surface area contributed by atoms with Crippen molar-refractivity contribution >= 4 is 0 Å². The first-order chi connectivity index (χ1) is 12.7. The monoisotopic (exact) mass is 353 g/mol. The van der Waals surface area contributed by atoms with Gasteiger partial charge in [-0.15, -0.1) is 0 Å². The molecule has 1 N–H and O–H groups in total. The zero-order valence-electron chi connectivity index (χ0n) is 16.8.